The van der Waals surface area contributed by atoms with Crippen molar-refractivity contribution in [2.75, 3.05) is 0 Å². The third kappa shape index (κ3) is 2.09. The monoisotopic (exact) mass is 288 g/mol. The maximum Gasteiger partial charge on any atom is 0.237 e. The largest absolute Gasteiger partial charge is 0.274 e. The van der Waals surface area contributed by atoms with Crippen molar-refractivity contribution in [1.29, 1.82) is 5.26 Å². The number of hydrogen-bond donors (Lipinski definition) is 0. The van der Waals surface area contributed by atoms with E-state index in [9.17, 15) is 14.9 Å². The van der Waals surface area contributed by atoms with Crippen LogP contribution in [0.4, 0.5) is 0 Å². The zero-order valence-electron chi connectivity index (χ0n) is 12.9. The summed E-state index contributed by atoms with van der Waals surface area (Å²) in [6, 6.07) is 2.36. The van der Waals surface area contributed by atoms with Gasteiger partial charge in [-0.2, -0.15) is 5.26 Å². The van der Waals surface area contributed by atoms with Crippen LogP contribution >= 0.6 is 0 Å². The highest BCUT2D eigenvalue weighted by molar-refractivity contribution is 6.07. The van der Waals surface area contributed by atoms with Gasteiger partial charge in [0.1, 0.15) is 5.54 Å². The van der Waals surface area contributed by atoms with Crippen molar-refractivity contribution in [3.63, 3.8) is 0 Å². The lowest BCUT2D eigenvalue weighted by Gasteiger charge is -2.40. The summed E-state index contributed by atoms with van der Waals surface area (Å²) in [4.78, 5) is 26.8. The number of nitriles is 1. The Morgan fingerprint density at radius 2 is 1.81 bits per heavy atom. The Morgan fingerprint density at radius 3 is 2.33 bits per heavy atom. The number of carbonyl (C=O) groups excluding carboxylic acids is 2. The fraction of sp³-hybridized carbons (Fsp3) is 0.824. The van der Waals surface area contributed by atoms with Gasteiger partial charge in [-0.25, -0.2) is 0 Å². The number of rotatable bonds is 2. The van der Waals surface area contributed by atoms with Crippen LogP contribution in [-0.2, 0) is 9.59 Å². The highest BCUT2D eigenvalue weighted by atomic mass is 16.2. The second-order valence-corrected chi connectivity index (χ2v) is 7.19. The number of carbonyl (C=O) groups is 2. The molecule has 2 aliphatic carbocycles. The van der Waals surface area contributed by atoms with E-state index in [1.165, 1.54) is 4.90 Å². The molecule has 1 heterocycles. The summed E-state index contributed by atoms with van der Waals surface area (Å²) in [5.74, 6) is 0.500. The van der Waals surface area contributed by atoms with E-state index >= 15 is 0 Å². The Labute approximate surface area is 126 Å². The first-order valence-corrected chi connectivity index (χ1v) is 8.36. The second kappa shape index (κ2) is 5.12. The highest BCUT2D eigenvalue weighted by Crippen LogP contribution is 2.50. The van der Waals surface area contributed by atoms with E-state index in [1.807, 2.05) is 0 Å². The zero-order chi connectivity index (χ0) is 15.1. The Bertz CT molecular complexity index is 491. The standard InChI is InChI=1S/C17H24N2O2/c1-2-13-5-9-17(12-18,10-6-13)19-14(20)11-16(15(19)21)7-3-4-8-16/h13H,2-11H2,1H3. The summed E-state index contributed by atoms with van der Waals surface area (Å²) in [5.41, 5.74) is -1.31. The Balaban J connectivity index is 1.86. The van der Waals surface area contributed by atoms with E-state index in [2.05, 4.69) is 13.0 Å². The van der Waals surface area contributed by atoms with Gasteiger partial charge in [0.15, 0.2) is 0 Å². The zero-order valence-corrected chi connectivity index (χ0v) is 12.9. The first-order valence-electron chi connectivity index (χ1n) is 8.36. The molecule has 3 aliphatic rings. The summed E-state index contributed by atoms with van der Waals surface area (Å²) in [6.07, 6.45) is 8.40. The summed E-state index contributed by atoms with van der Waals surface area (Å²) in [7, 11) is 0. The fourth-order valence-corrected chi connectivity index (χ4v) is 4.62. The van der Waals surface area contributed by atoms with Crippen LogP contribution in [0.3, 0.4) is 0 Å². The third-order valence-electron chi connectivity index (χ3n) is 6.10. The first kappa shape index (κ1) is 14.6. The van der Waals surface area contributed by atoms with Crippen LogP contribution in [0.25, 0.3) is 0 Å². The van der Waals surface area contributed by atoms with Crippen molar-refractivity contribution in [2.45, 2.75) is 76.7 Å². The van der Waals surface area contributed by atoms with Gasteiger partial charge in [-0.3, -0.25) is 14.5 Å². The average Bonchev–Trinajstić information content (AvgIpc) is 3.06. The molecule has 2 saturated carbocycles. The van der Waals surface area contributed by atoms with Crippen LogP contribution in [-0.4, -0.2) is 22.3 Å². The van der Waals surface area contributed by atoms with Crippen molar-refractivity contribution in [1.82, 2.24) is 4.90 Å². The SMILES string of the molecule is CCC1CCC(C#N)(N2C(=O)CC3(CCCC3)C2=O)CC1. The highest BCUT2D eigenvalue weighted by Gasteiger charge is 2.59. The molecule has 3 rings (SSSR count). The second-order valence-electron chi connectivity index (χ2n) is 7.19. The summed E-state index contributed by atoms with van der Waals surface area (Å²) < 4.78 is 0. The predicted molar refractivity (Wildman–Crippen MR) is 78.0 cm³/mol. The Morgan fingerprint density at radius 1 is 1.19 bits per heavy atom. The topological polar surface area (TPSA) is 61.2 Å². The number of amides is 2. The van der Waals surface area contributed by atoms with E-state index in [0.717, 1.165) is 44.9 Å². The number of imide groups is 1. The molecule has 0 aromatic rings. The lowest BCUT2D eigenvalue weighted by atomic mass is 9.75. The molecule has 0 N–H and O–H groups in total. The minimum atomic E-state index is -0.855. The van der Waals surface area contributed by atoms with Crippen molar-refractivity contribution < 1.29 is 9.59 Å². The van der Waals surface area contributed by atoms with Crippen LogP contribution in [0.1, 0.15) is 71.1 Å². The maximum absolute atomic E-state index is 12.9. The maximum atomic E-state index is 12.9. The van der Waals surface area contributed by atoms with Gasteiger partial charge in [-0.05, 0) is 44.4 Å². The van der Waals surface area contributed by atoms with Gasteiger partial charge >= 0.3 is 0 Å². The molecule has 0 radical (unpaired) electrons. The molecule has 3 fully saturated rings. The molecular weight excluding hydrogens is 264 g/mol. The van der Waals surface area contributed by atoms with E-state index < -0.39 is 11.0 Å². The number of hydrogen-bond acceptors (Lipinski definition) is 3. The molecule has 21 heavy (non-hydrogen) atoms. The van der Waals surface area contributed by atoms with Gasteiger partial charge in [0, 0.05) is 6.42 Å². The molecule has 1 spiro atoms. The molecule has 0 aromatic carbocycles. The summed E-state index contributed by atoms with van der Waals surface area (Å²) in [6.45, 7) is 2.17. The first-order chi connectivity index (χ1) is 10.1. The van der Waals surface area contributed by atoms with Gasteiger partial charge in [0.2, 0.25) is 11.8 Å². The van der Waals surface area contributed by atoms with E-state index in [0.29, 0.717) is 25.2 Å². The molecule has 2 amide bonds. The van der Waals surface area contributed by atoms with Gasteiger partial charge in [0.25, 0.3) is 0 Å². The quantitative estimate of drug-likeness (QED) is 0.733. The average molecular weight is 288 g/mol. The van der Waals surface area contributed by atoms with Crippen LogP contribution in [0.2, 0.25) is 0 Å². The van der Waals surface area contributed by atoms with Crippen LogP contribution in [0, 0.1) is 22.7 Å². The van der Waals surface area contributed by atoms with E-state index in [1.54, 1.807) is 0 Å². The van der Waals surface area contributed by atoms with Gasteiger partial charge in [-0.1, -0.05) is 26.2 Å². The lowest BCUT2D eigenvalue weighted by Crippen LogP contribution is -2.53. The van der Waals surface area contributed by atoms with Gasteiger partial charge in [-0.15, -0.1) is 0 Å². The van der Waals surface area contributed by atoms with E-state index in [4.69, 9.17) is 0 Å². The number of likely N-dealkylation sites (tertiary alicyclic amines) is 1. The van der Waals surface area contributed by atoms with Crippen molar-refractivity contribution >= 4 is 11.8 Å². The minimum absolute atomic E-state index is 0.0403. The van der Waals surface area contributed by atoms with Crippen molar-refractivity contribution in [3.8, 4) is 6.07 Å². The molecule has 4 nitrogen and oxygen atoms in total. The van der Waals surface area contributed by atoms with Gasteiger partial charge < -0.3 is 0 Å². The molecule has 4 heteroatoms. The molecule has 0 aromatic heterocycles. The number of nitrogens with zero attached hydrogens (tertiary/aromatic N) is 2. The smallest absolute Gasteiger partial charge is 0.237 e. The van der Waals surface area contributed by atoms with Crippen molar-refractivity contribution in [2.24, 2.45) is 11.3 Å². The summed E-state index contributed by atoms with van der Waals surface area (Å²) >= 11 is 0. The van der Waals surface area contributed by atoms with Crippen LogP contribution in [0.15, 0.2) is 0 Å². The molecule has 114 valence electrons. The third-order valence-corrected chi connectivity index (χ3v) is 6.10. The molecule has 1 aliphatic heterocycles. The molecular formula is C17H24N2O2. The normalized spacial score (nSPS) is 35.4. The van der Waals surface area contributed by atoms with Crippen molar-refractivity contribution in [3.05, 3.63) is 0 Å². The molecule has 1 saturated heterocycles. The van der Waals surface area contributed by atoms with Crippen LogP contribution in [0.5, 0.6) is 0 Å². The minimum Gasteiger partial charge on any atom is -0.274 e. The Hall–Kier alpha value is -1.37. The summed E-state index contributed by atoms with van der Waals surface area (Å²) in [5, 5.41) is 9.73. The molecule has 0 bridgehead atoms. The van der Waals surface area contributed by atoms with E-state index in [-0.39, 0.29) is 11.8 Å². The predicted octanol–water partition coefficient (Wildman–Crippen LogP) is 3.17. The van der Waals surface area contributed by atoms with Crippen LogP contribution < -0.4 is 0 Å². The lowest BCUT2D eigenvalue weighted by molar-refractivity contribution is -0.148. The van der Waals surface area contributed by atoms with Gasteiger partial charge in [0.05, 0.1) is 11.5 Å². The molecule has 0 unspecified atom stereocenters. The molecule has 0 atom stereocenters. The Kier molecular flexibility index (Phi) is 3.55. The fourth-order valence-electron chi connectivity index (χ4n) is 4.62.